The van der Waals surface area contributed by atoms with Crippen molar-refractivity contribution in [3.05, 3.63) is 95.6 Å². The van der Waals surface area contributed by atoms with E-state index < -0.39 is 0 Å². The summed E-state index contributed by atoms with van der Waals surface area (Å²) in [5.74, 6) is -0.199. The maximum Gasteiger partial charge on any atom is 0.319 e. The van der Waals surface area contributed by atoms with Crippen molar-refractivity contribution in [1.29, 1.82) is 0 Å². The van der Waals surface area contributed by atoms with E-state index in [9.17, 15) is 9.59 Å². The van der Waals surface area contributed by atoms with E-state index in [1.165, 1.54) is 0 Å². The van der Waals surface area contributed by atoms with E-state index in [0.717, 1.165) is 16.8 Å². The summed E-state index contributed by atoms with van der Waals surface area (Å²) in [6.07, 6.45) is 0. The molecule has 5 nitrogen and oxygen atoms in total. The molecule has 3 rings (SSSR count). The van der Waals surface area contributed by atoms with Gasteiger partial charge in [-0.15, -0.1) is 0 Å². The largest absolute Gasteiger partial charge is 0.331 e. The van der Waals surface area contributed by atoms with Gasteiger partial charge in [0.1, 0.15) is 0 Å². The molecule has 0 aliphatic carbocycles. The highest BCUT2D eigenvalue weighted by Crippen LogP contribution is 2.17. The van der Waals surface area contributed by atoms with Gasteiger partial charge in [0.25, 0.3) is 5.91 Å². The molecule has 0 fully saturated rings. The van der Waals surface area contributed by atoms with Crippen LogP contribution in [0.2, 0.25) is 0 Å². The van der Waals surface area contributed by atoms with Crippen molar-refractivity contribution in [3.8, 4) is 0 Å². The van der Waals surface area contributed by atoms with Gasteiger partial charge in [0, 0.05) is 16.9 Å². The third-order valence-electron chi connectivity index (χ3n) is 4.44. The minimum absolute atomic E-state index is 0.114. The lowest BCUT2D eigenvalue weighted by atomic mass is 10.0. The Morgan fingerprint density at radius 2 is 1.36 bits per heavy atom. The van der Waals surface area contributed by atoms with E-state index in [1.807, 2.05) is 68.4 Å². The number of para-hydroxylation sites is 1. The van der Waals surface area contributed by atoms with Gasteiger partial charge in [-0.25, -0.2) is 4.79 Å². The van der Waals surface area contributed by atoms with Crippen molar-refractivity contribution >= 4 is 23.3 Å². The van der Waals surface area contributed by atoms with Crippen LogP contribution in [0.1, 0.15) is 34.5 Å². The Labute approximate surface area is 164 Å². The maximum atomic E-state index is 12.3. The van der Waals surface area contributed by atoms with Crippen LogP contribution in [0.15, 0.2) is 78.9 Å². The van der Waals surface area contributed by atoms with Gasteiger partial charge in [0.05, 0.1) is 6.04 Å². The van der Waals surface area contributed by atoms with Crippen LogP contribution in [0.25, 0.3) is 0 Å². The average molecular weight is 373 g/mol. The summed E-state index contributed by atoms with van der Waals surface area (Å²) in [5.41, 5.74) is 4.07. The van der Waals surface area contributed by atoms with Gasteiger partial charge in [-0.3, -0.25) is 4.79 Å². The fourth-order valence-corrected chi connectivity index (χ4v) is 2.94. The van der Waals surface area contributed by atoms with Crippen LogP contribution >= 0.6 is 0 Å². The lowest BCUT2D eigenvalue weighted by Gasteiger charge is -2.17. The number of aryl methyl sites for hydroxylation is 1. The molecule has 0 saturated heterocycles. The van der Waals surface area contributed by atoms with E-state index in [-0.39, 0.29) is 18.0 Å². The van der Waals surface area contributed by atoms with Crippen molar-refractivity contribution in [2.75, 3.05) is 10.6 Å². The minimum atomic E-state index is -0.294. The van der Waals surface area contributed by atoms with Gasteiger partial charge in [-0.1, -0.05) is 42.5 Å². The molecular formula is C23H23N3O2. The minimum Gasteiger partial charge on any atom is -0.331 e. The zero-order valence-corrected chi connectivity index (χ0v) is 15.9. The molecule has 1 unspecified atom stereocenters. The monoisotopic (exact) mass is 373 g/mol. The number of carbonyl (C=O) groups excluding carboxylic acids is 2. The van der Waals surface area contributed by atoms with Gasteiger partial charge >= 0.3 is 6.03 Å². The quantitative estimate of drug-likeness (QED) is 0.580. The number of urea groups is 1. The molecule has 3 amide bonds. The molecule has 0 aromatic heterocycles. The van der Waals surface area contributed by atoms with Crippen LogP contribution in [-0.4, -0.2) is 11.9 Å². The molecule has 0 aliphatic rings. The standard InChI is InChI=1S/C23H23N3O2/c1-16-8-6-7-11-21(16)17(2)24-23(28)26-20-14-12-18(13-15-20)22(27)25-19-9-4-3-5-10-19/h3-15,17H,1-2H3,(H,25,27)(H2,24,26,28). The molecule has 5 heteroatoms. The number of rotatable bonds is 5. The Morgan fingerprint density at radius 1 is 0.750 bits per heavy atom. The van der Waals surface area contributed by atoms with Gasteiger partial charge in [-0.05, 0) is 61.4 Å². The zero-order chi connectivity index (χ0) is 19.9. The SMILES string of the molecule is Cc1ccccc1C(C)NC(=O)Nc1ccc(C(=O)Nc2ccccc2)cc1. The number of anilines is 2. The summed E-state index contributed by atoms with van der Waals surface area (Å²) in [6, 6.07) is 23.6. The van der Waals surface area contributed by atoms with Crippen LogP contribution in [-0.2, 0) is 0 Å². The number of nitrogens with one attached hydrogen (secondary N) is 3. The predicted molar refractivity (Wildman–Crippen MR) is 113 cm³/mol. The maximum absolute atomic E-state index is 12.3. The van der Waals surface area contributed by atoms with Gasteiger partial charge < -0.3 is 16.0 Å². The van der Waals surface area contributed by atoms with Crippen molar-refractivity contribution in [2.24, 2.45) is 0 Å². The van der Waals surface area contributed by atoms with Gasteiger partial charge in [0.15, 0.2) is 0 Å². The van der Waals surface area contributed by atoms with E-state index in [2.05, 4.69) is 16.0 Å². The van der Waals surface area contributed by atoms with Crippen molar-refractivity contribution in [1.82, 2.24) is 5.32 Å². The average Bonchev–Trinajstić information content (AvgIpc) is 2.69. The molecule has 0 heterocycles. The highest BCUT2D eigenvalue weighted by atomic mass is 16.2. The zero-order valence-electron chi connectivity index (χ0n) is 15.9. The van der Waals surface area contributed by atoms with E-state index in [4.69, 9.17) is 0 Å². The molecule has 1 atom stereocenters. The Balaban J connectivity index is 1.57. The first-order chi connectivity index (χ1) is 13.5. The lowest BCUT2D eigenvalue weighted by molar-refractivity contribution is 0.102. The highest BCUT2D eigenvalue weighted by molar-refractivity contribution is 6.04. The smallest absolute Gasteiger partial charge is 0.319 e. The second kappa shape index (κ2) is 8.86. The van der Waals surface area contributed by atoms with E-state index in [0.29, 0.717) is 11.3 Å². The highest BCUT2D eigenvalue weighted by Gasteiger charge is 2.12. The molecule has 0 radical (unpaired) electrons. The third-order valence-corrected chi connectivity index (χ3v) is 4.44. The van der Waals surface area contributed by atoms with Crippen LogP contribution in [0.4, 0.5) is 16.2 Å². The summed E-state index contributed by atoms with van der Waals surface area (Å²) in [6.45, 7) is 3.96. The Morgan fingerprint density at radius 3 is 2.04 bits per heavy atom. The number of hydrogen-bond acceptors (Lipinski definition) is 2. The summed E-state index contributed by atoms with van der Waals surface area (Å²) in [5, 5.41) is 8.55. The third kappa shape index (κ3) is 4.98. The summed E-state index contributed by atoms with van der Waals surface area (Å²) < 4.78 is 0. The van der Waals surface area contributed by atoms with Crippen molar-refractivity contribution < 1.29 is 9.59 Å². The Hall–Kier alpha value is -3.60. The molecule has 0 bridgehead atoms. The van der Waals surface area contributed by atoms with Crippen molar-refractivity contribution in [3.63, 3.8) is 0 Å². The second-order valence-electron chi connectivity index (χ2n) is 6.57. The first-order valence-corrected chi connectivity index (χ1v) is 9.12. The molecule has 3 N–H and O–H groups in total. The first kappa shape index (κ1) is 19.2. The predicted octanol–water partition coefficient (Wildman–Crippen LogP) is 5.13. The number of benzene rings is 3. The fraction of sp³-hybridized carbons (Fsp3) is 0.130. The molecular weight excluding hydrogens is 350 g/mol. The summed E-state index contributed by atoms with van der Waals surface area (Å²) >= 11 is 0. The normalized spacial score (nSPS) is 11.4. The van der Waals surface area contributed by atoms with E-state index >= 15 is 0 Å². The second-order valence-corrected chi connectivity index (χ2v) is 6.57. The lowest BCUT2D eigenvalue weighted by Crippen LogP contribution is -2.31. The molecule has 3 aromatic rings. The molecule has 28 heavy (non-hydrogen) atoms. The summed E-state index contributed by atoms with van der Waals surface area (Å²) in [4.78, 5) is 24.5. The molecule has 3 aromatic carbocycles. The number of amides is 3. The van der Waals surface area contributed by atoms with Crippen LogP contribution in [0.3, 0.4) is 0 Å². The molecule has 0 spiro atoms. The fourth-order valence-electron chi connectivity index (χ4n) is 2.94. The topological polar surface area (TPSA) is 70.2 Å². The van der Waals surface area contributed by atoms with Crippen LogP contribution in [0.5, 0.6) is 0 Å². The van der Waals surface area contributed by atoms with Gasteiger partial charge in [-0.2, -0.15) is 0 Å². The number of hydrogen-bond donors (Lipinski definition) is 3. The van der Waals surface area contributed by atoms with Crippen molar-refractivity contribution in [2.45, 2.75) is 19.9 Å². The molecule has 142 valence electrons. The first-order valence-electron chi connectivity index (χ1n) is 9.12. The van der Waals surface area contributed by atoms with Crippen LogP contribution in [0, 0.1) is 6.92 Å². The van der Waals surface area contributed by atoms with E-state index in [1.54, 1.807) is 24.3 Å². The van der Waals surface area contributed by atoms with Gasteiger partial charge in [0.2, 0.25) is 0 Å². The Kier molecular flexibility index (Phi) is 6.07. The molecule has 0 saturated carbocycles. The summed E-state index contributed by atoms with van der Waals surface area (Å²) in [7, 11) is 0. The molecule has 0 aliphatic heterocycles. The number of carbonyl (C=O) groups is 2. The van der Waals surface area contributed by atoms with Crippen LogP contribution < -0.4 is 16.0 Å². The Bertz CT molecular complexity index is 953.